The number of Topliss-reactive ketones (excluding diaryl/α,β-unsaturated/α-hetero) is 1. The normalized spacial score (nSPS) is 18.0. The number of ketones is 1. The Labute approximate surface area is 386 Å². The van der Waals surface area contributed by atoms with Crippen molar-refractivity contribution in [3.8, 4) is 0 Å². The molecule has 8 amide bonds. The highest BCUT2D eigenvalue weighted by molar-refractivity contribution is 6.38. The first-order valence-electron chi connectivity index (χ1n) is 22.6. The van der Waals surface area contributed by atoms with Gasteiger partial charge in [0.2, 0.25) is 35.3 Å². The third-order valence-corrected chi connectivity index (χ3v) is 11.6. The number of benzene rings is 1. The lowest BCUT2D eigenvalue weighted by Gasteiger charge is -2.34. The minimum absolute atomic E-state index is 0.0343. The van der Waals surface area contributed by atoms with Crippen LogP contribution in [0.25, 0.3) is 0 Å². The lowest BCUT2D eigenvalue weighted by Crippen LogP contribution is -2.58. The summed E-state index contributed by atoms with van der Waals surface area (Å²) in [6, 6.07) is 3.08. The van der Waals surface area contributed by atoms with Gasteiger partial charge in [-0.3, -0.25) is 43.3 Å². The molecule has 1 aromatic heterocycles. The fraction of sp³-hybridized carbons (Fsp3) is 0.587. The van der Waals surface area contributed by atoms with Gasteiger partial charge in [-0.15, -0.1) is 0 Å². The average molecular weight is 919 g/mol. The van der Waals surface area contributed by atoms with E-state index in [4.69, 9.17) is 4.74 Å². The number of hydrogen-bond acceptors (Lipinski definition) is 12. The molecule has 2 aliphatic rings. The van der Waals surface area contributed by atoms with Gasteiger partial charge in [0.15, 0.2) is 0 Å². The monoisotopic (exact) mass is 918 g/mol. The zero-order valence-electron chi connectivity index (χ0n) is 39.3. The Morgan fingerprint density at radius 2 is 1.52 bits per heavy atom. The van der Waals surface area contributed by atoms with Gasteiger partial charge in [0.1, 0.15) is 29.4 Å². The number of hydrogen-bond donors (Lipinski definition) is 5. The van der Waals surface area contributed by atoms with Crippen molar-refractivity contribution in [2.45, 2.75) is 122 Å². The molecule has 1 saturated heterocycles. The Kier molecular flexibility index (Phi) is 19.1. The van der Waals surface area contributed by atoms with Crippen LogP contribution in [0.3, 0.4) is 0 Å². The minimum Gasteiger partial charge on any atom is -0.444 e. The van der Waals surface area contributed by atoms with E-state index in [0.29, 0.717) is 24.8 Å². The average Bonchev–Trinajstić information content (AvgIpc) is 3.76. The zero-order valence-corrected chi connectivity index (χ0v) is 39.3. The van der Waals surface area contributed by atoms with E-state index in [0.717, 1.165) is 19.3 Å². The summed E-state index contributed by atoms with van der Waals surface area (Å²) >= 11 is 0. The van der Waals surface area contributed by atoms with Crippen LogP contribution in [0.1, 0.15) is 108 Å². The number of amides is 8. The Morgan fingerprint density at radius 1 is 0.833 bits per heavy atom. The molecule has 0 spiro atoms. The quantitative estimate of drug-likeness (QED) is 0.126. The molecule has 1 saturated carbocycles. The molecule has 4 rings (SSSR count). The van der Waals surface area contributed by atoms with E-state index in [-0.39, 0.29) is 37.5 Å². The molecule has 0 bridgehead atoms. The van der Waals surface area contributed by atoms with Crippen LogP contribution in [0.2, 0.25) is 0 Å². The van der Waals surface area contributed by atoms with Crippen molar-refractivity contribution in [2.24, 2.45) is 11.8 Å². The molecule has 1 aliphatic heterocycles. The van der Waals surface area contributed by atoms with E-state index in [2.05, 4.69) is 36.6 Å². The summed E-state index contributed by atoms with van der Waals surface area (Å²) < 4.78 is 5.61. The van der Waals surface area contributed by atoms with E-state index < -0.39 is 101 Å². The number of aromatic nitrogens is 2. The molecule has 0 radical (unpaired) electrons. The van der Waals surface area contributed by atoms with Gasteiger partial charge in [0, 0.05) is 46.6 Å². The number of nitrogens with one attached hydrogen (secondary N) is 5. The van der Waals surface area contributed by atoms with Crippen molar-refractivity contribution in [2.75, 3.05) is 40.8 Å². The topological polar surface area (TPSA) is 259 Å². The molecule has 5 N–H and O–H groups in total. The number of nitrogens with zero attached hydrogens (tertiary/aromatic N) is 5. The van der Waals surface area contributed by atoms with Crippen LogP contribution in [0.4, 0.5) is 4.79 Å². The van der Waals surface area contributed by atoms with Crippen LogP contribution in [-0.2, 0) is 38.3 Å². The molecular formula is C46H66N10O10. The van der Waals surface area contributed by atoms with E-state index >= 15 is 0 Å². The highest BCUT2D eigenvalue weighted by Crippen LogP contribution is 2.28. The van der Waals surface area contributed by atoms with E-state index in [1.54, 1.807) is 65.0 Å². The number of likely N-dealkylation sites (tertiary alicyclic amines) is 1. The maximum absolute atomic E-state index is 14.4. The van der Waals surface area contributed by atoms with Crippen LogP contribution in [0, 0.1) is 11.8 Å². The molecule has 1 aromatic carbocycles. The maximum Gasteiger partial charge on any atom is 0.410 e. The van der Waals surface area contributed by atoms with Gasteiger partial charge in [0.25, 0.3) is 11.8 Å². The second kappa shape index (κ2) is 24.2. The fourth-order valence-corrected chi connectivity index (χ4v) is 8.06. The summed E-state index contributed by atoms with van der Waals surface area (Å²) in [7, 11) is 4.53. The molecule has 6 atom stereocenters. The van der Waals surface area contributed by atoms with Gasteiger partial charge in [-0.1, -0.05) is 69.9 Å². The van der Waals surface area contributed by atoms with Crippen molar-refractivity contribution in [3.05, 3.63) is 60.2 Å². The first-order valence-corrected chi connectivity index (χ1v) is 22.6. The summed E-state index contributed by atoms with van der Waals surface area (Å²) in [6.07, 6.45) is 8.02. The van der Waals surface area contributed by atoms with Crippen molar-refractivity contribution in [3.63, 3.8) is 0 Å². The summed E-state index contributed by atoms with van der Waals surface area (Å²) in [5, 5.41) is 13.2. The number of ether oxygens (including phenoxy) is 1. The van der Waals surface area contributed by atoms with Gasteiger partial charge < -0.3 is 46.0 Å². The molecule has 1 aliphatic carbocycles. The van der Waals surface area contributed by atoms with Gasteiger partial charge >= 0.3 is 6.09 Å². The van der Waals surface area contributed by atoms with Crippen LogP contribution in [-0.4, -0.2) is 148 Å². The molecule has 20 heteroatoms. The highest BCUT2D eigenvalue weighted by atomic mass is 16.6. The van der Waals surface area contributed by atoms with E-state index in [1.165, 1.54) is 54.4 Å². The largest absolute Gasteiger partial charge is 0.444 e. The number of carbonyl (C=O) groups excluding carboxylic acids is 9. The van der Waals surface area contributed by atoms with E-state index in [9.17, 15) is 43.2 Å². The Hall–Kier alpha value is -6.47. The van der Waals surface area contributed by atoms with Crippen LogP contribution in [0.5, 0.6) is 0 Å². The van der Waals surface area contributed by atoms with Crippen LogP contribution in [0.15, 0.2) is 48.9 Å². The highest BCUT2D eigenvalue weighted by Gasteiger charge is 2.46. The summed E-state index contributed by atoms with van der Waals surface area (Å²) in [4.78, 5) is 134. The third-order valence-electron chi connectivity index (χ3n) is 11.6. The van der Waals surface area contributed by atoms with Crippen molar-refractivity contribution in [1.82, 2.24) is 51.3 Å². The Bertz CT molecular complexity index is 2040. The van der Waals surface area contributed by atoms with E-state index in [1.807, 2.05) is 0 Å². The standard InChI is InChI=1S/C46H66N10O10/c1-9-17-32(38(58)42(62)49-25-35(57)52-37(44(64)54(6)7)29-20-15-12-16-21-29)51-39(59)30-26-56(45(65)66-46(3,4)5)27-34(30)55(8)43(63)31(10-2)50-41(61)36(28-18-13-11-14-19-28)53-40(60)33-24-47-22-23-48-33/h12,15-16,20-24,28,30-32,34,36-37H,9-11,13-14,17-19,25-27H2,1-8H3,(H,49,62)(H,50,61)(H,51,59)(H,52,57)(H,53,60)/t30-,31+,32+,34+,36+,37+/m1/s1. The van der Waals surface area contributed by atoms with Crippen molar-refractivity contribution >= 4 is 53.2 Å². The van der Waals surface area contributed by atoms with Crippen molar-refractivity contribution < 1.29 is 47.9 Å². The second-order valence-corrected chi connectivity index (χ2v) is 18.0. The smallest absolute Gasteiger partial charge is 0.410 e. The SMILES string of the molecule is CCC[C@H](NC(=O)[C@@H]1CN(C(=O)OC(C)(C)C)C[C@@H]1N(C)C(=O)[C@H](CC)NC(=O)[C@@H](NC(=O)c1cnccn1)C1CCCCC1)C(=O)C(=O)NCC(=O)N[C@H](C(=O)N(C)C)c1ccccc1. The first-order chi connectivity index (χ1) is 31.3. The van der Waals surface area contributed by atoms with Gasteiger partial charge in [-0.2, -0.15) is 0 Å². The lowest BCUT2D eigenvalue weighted by molar-refractivity contribution is -0.142. The van der Waals surface area contributed by atoms with Crippen molar-refractivity contribution in [1.29, 1.82) is 0 Å². The minimum atomic E-state index is -1.34. The number of rotatable bonds is 19. The predicted molar refractivity (Wildman–Crippen MR) is 241 cm³/mol. The number of likely N-dealkylation sites (N-methyl/N-ethyl adjacent to an activating group) is 2. The molecule has 2 aromatic rings. The molecule has 20 nitrogen and oxygen atoms in total. The molecular weight excluding hydrogens is 853 g/mol. The van der Waals surface area contributed by atoms with Gasteiger partial charge in [-0.25, -0.2) is 9.78 Å². The number of carbonyl (C=O) groups is 9. The van der Waals surface area contributed by atoms with Crippen LogP contribution < -0.4 is 26.6 Å². The Balaban J connectivity index is 1.50. The summed E-state index contributed by atoms with van der Waals surface area (Å²) in [5.41, 5.74) is -0.344. The van der Waals surface area contributed by atoms with Crippen LogP contribution >= 0.6 is 0 Å². The zero-order chi connectivity index (χ0) is 48.7. The molecule has 66 heavy (non-hydrogen) atoms. The Morgan fingerprint density at radius 3 is 2.11 bits per heavy atom. The fourth-order valence-electron chi connectivity index (χ4n) is 8.06. The van der Waals surface area contributed by atoms with Gasteiger partial charge in [0.05, 0.1) is 30.7 Å². The summed E-state index contributed by atoms with van der Waals surface area (Å²) in [6.45, 7) is 7.51. The second-order valence-electron chi connectivity index (χ2n) is 18.0. The lowest BCUT2D eigenvalue weighted by atomic mass is 9.83. The molecule has 0 unspecified atom stereocenters. The van der Waals surface area contributed by atoms with Gasteiger partial charge in [-0.05, 0) is 57.9 Å². The predicted octanol–water partition coefficient (Wildman–Crippen LogP) is 1.66. The first kappa shape index (κ1) is 52.2. The third kappa shape index (κ3) is 14.5. The molecule has 360 valence electrons. The molecule has 2 fully saturated rings. The summed E-state index contributed by atoms with van der Waals surface area (Å²) in [5.74, 6) is -7.07. The maximum atomic E-state index is 14.4. The molecule has 2 heterocycles.